The van der Waals surface area contributed by atoms with Gasteiger partial charge in [-0.1, -0.05) is 11.6 Å². The summed E-state index contributed by atoms with van der Waals surface area (Å²) < 4.78 is 7.49. The standard InChI is InChI=1S/C16H18ClNO2/c1-10-8-12-14(4-3-5-15(12)19)18(10)11-6-7-13(17)16(9-11)20-2/h6-9,15,19H,3-5H2,1-2H3. The summed E-state index contributed by atoms with van der Waals surface area (Å²) in [6, 6.07) is 7.86. The minimum absolute atomic E-state index is 0.340. The minimum atomic E-state index is -0.340. The van der Waals surface area contributed by atoms with Crippen molar-refractivity contribution in [1.29, 1.82) is 0 Å². The Morgan fingerprint density at radius 3 is 2.90 bits per heavy atom. The Labute approximate surface area is 123 Å². The molecular formula is C16H18ClNO2. The molecule has 0 bridgehead atoms. The summed E-state index contributed by atoms with van der Waals surface area (Å²) >= 11 is 6.09. The monoisotopic (exact) mass is 291 g/mol. The Morgan fingerprint density at radius 2 is 2.15 bits per heavy atom. The van der Waals surface area contributed by atoms with Crippen LogP contribution in [0.3, 0.4) is 0 Å². The number of halogens is 1. The maximum Gasteiger partial charge on any atom is 0.139 e. The van der Waals surface area contributed by atoms with E-state index in [0.717, 1.165) is 36.2 Å². The highest BCUT2D eigenvalue weighted by Crippen LogP contribution is 2.35. The molecule has 1 unspecified atom stereocenters. The van der Waals surface area contributed by atoms with Gasteiger partial charge in [0.05, 0.1) is 18.2 Å². The number of aromatic nitrogens is 1. The smallest absolute Gasteiger partial charge is 0.139 e. The fourth-order valence-electron chi connectivity index (χ4n) is 3.02. The molecule has 0 saturated carbocycles. The Morgan fingerprint density at radius 1 is 1.35 bits per heavy atom. The Bertz CT molecular complexity index is 648. The van der Waals surface area contributed by atoms with Crippen LogP contribution in [0.1, 0.15) is 35.9 Å². The van der Waals surface area contributed by atoms with Gasteiger partial charge in [-0.3, -0.25) is 0 Å². The molecule has 3 nitrogen and oxygen atoms in total. The van der Waals surface area contributed by atoms with Gasteiger partial charge in [0.2, 0.25) is 0 Å². The fourth-order valence-corrected chi connectivity index (χ4v) is 3.22. The highest BCUT2D eigenvalue weighted by molar-refractivity contribution is 6.32. The molecule has 0 radical (unpaired) electrons. The molecule has 2 aromatic rings. The summed E-state index contributed by atoms with van der Waals surface area (Å²) in [5, 5.41) is 10.7. The molecule has 1 aromatic heterocycles. The number of hydrogen-bond donors (Lipinski definition) is 1. The zero-order valence-corrected chi connectivity index (χ0v) is 12.4. The van der Waals surface area contributed by atoms with Crippen molar-refractivity contribution in [2.45, 2.75) is 32.3 Å². The fraction of sp³-hybridized carbons (Fsp3) is 0.375. The van der Waals surface area contributed by atoms with Crippen LogP contribution < -0.4 is 4.74 Å². The number of aliphatic hydroxyl groups is 1. The molecule has 3 rings (SSSR count). The summed E-state index contributed by atoms with van der Waals surface area (Å²) in [6.45, 7) is 2.06. The lowest BCUT2D eigenvalue weighted by molar-refractivity contribution is 0.156. The molecule has 0 aliphatic heterocycles. The van der Waals surface area contributed by atoms with E-state index in [4.69, 9.17) is 16.3 Å². The number of methoxy groups -OCH3 is 1. The van der Waals surface area contributed by atoms with Gasteiger partial charge >= 0.3 is 0 Å². The van der Waals surface area contributed by atoms with Crippen LogP contribution in [-0.4, -0.2) is 16.8 Å². The predicted octanol–water partition coefficient (Wildman–Crippen LogP) is 3.82. The number of rotatable bonds is 2. The van der Waals surface area contributed by atoms with Crippen LogP contribution in [0.2, 0.25) is 5.02 Å². The molecule has 20 heavy (non-hydrogen) atoms. The maximum absolute atomic E-state index is 10.1. The zero-order valence-electron chi connectivity index (χ0n) is 11.7. The van der Waals surface area contributed by atoms with Gasteiger partial charge in [0.25, 0.3) is 0 Å². The van der Waals surface area contributed by atoms with Gasteiger partial charge in [-0.25, -0.2) is 0 Å². The minimum Gasteiger partial charge on any atom is -0.495 e. The maximum atomic E-state index is 10.1. The molecule has 0 amide bonds. The van der Waals surface area contributed by atoms with Gasteiger partial charge in [0, 0.05) is 28.7 Å². The van der Waals surface area contributed by atoms with Gasteiger partial charge in [0.15, 0.2) is 0 Å². The molecule has 4 heteroatoms. The first-order chi connectivity index (χ1) is 9.61. The van der Waals surface area contributed by atoms with Crippen molar-refractivity contribution < 1.29 is 9.84 Å². The van der Waals surface area contributed by atoms with E-state index in [0.29, 0.717) is 10.8 Å². The van der Waals surface area contributed by atoms with Crippen LogP contribution >= 0.6 is 11.6 Å². The molecule has 1 N–H and O–H groups in total. The summed E-state index contributed by atoms with van der Waals surface area (Å²) in [4.78, 5) is 0. The van der Waals surface area contributed by atoms with E-state index in [-0.39, 0.29) is 6.10 Å². The first kappa shape index (κ1) is 13.5. The average molecular weight is 292 g/mol. The summed E-state index contributed by atoms with van der Waals surface area (Å²) in [6.07, 6.45) is 2.52. The highest BCUT2D eigenvalue weighted by atomic mass is 35.5. The molecule has 1 heterocycles. The van der Waals surface area contributed by atoms with Gasteiger partial charge in [-0.2, -0.15) is 0 Å². The third kappa shape index (κ3) is 2.11. The quantitative estimate of drug-likeness (QED) is 0.913. The van der Waals surface area contributed by atoms with Crippen LogP contribution in [0, 0.1) is 6.92 Å². The van der Waals surface area contributed by atoms with Crippen LogP contribution in [-0.2, 0) is 6.42 Å². The van der Waals surface area contributed by atoms with Crippen molar-refractivity contribution in [3.63, 3.8) is 0 Å². The van der Waals surface area contributed by atoms with Crippen molar-refractivity contribution in [2.75, 3.05) is 7.11 Å². The third-order valence-corrected chi connectivity index (χ3v) is 4.28. The van der Waals surface area contributed by atoms with Crippen LogP contribution in [0.25, 0.3) is 5.69 Å². The Kier molecular flexibility index (Phi) is 3.48. The number of nitrogens with zero attached hydrogens (tertiary/aromatic N) is 1. The number of benzene rings is 1. The zero-order chi connectivity index (χ0) is 14.3. The number of aryl methyl sites for hydroxylation is 1. The van der Waals surface area contributed by atoms with E-state index < -0.39 is 0 Å². The molecule has 1 atom stereocenters. The van der Waals surface area contributed by atoms with E-state index in [1.165, 1.54) is 5.69 Å². The van der Waals surface area contributed by atoms with E-state index >= 15 is 0 Å². The second-order valence-electron chi connectivity index (χ2n) is 5.25. The lowest BCUT2D eigenvalue weighted by atomic mass is 9.95. The highest BCUT2D eigenvalue weighted by Gasteiger charge is 2.23. The second-order valence-corrected chi connectivity index (χ2v) is 5.66. The first-order valence-corrected chi connectivity index (χ1v) is 7.22. The van der Waals surface area contributed by atoms with Crippen LogP contribution in [0.4, 0.5) is 0 Å². The van der Waals surface area contributed by atoms with Gasteiger partial charge in [0.1, 0.15) is 5.75 Å². The van der Waals surface area contributed by atoms with Crippen molar-refractivity contribution in [3.05, 3.63) is 46.2 Å². The normalized spacial score (nSPS) is 17.9. The molecule has 1 aliphatic carbocycles. The van der Waals surface area contributed by atoms with E-state index in [1.54, 1.807) is 7.11 Å². The van der Waals surface area contributed by atoms with Gasteiger partial charge < -0.3 is 14.4 Å². The van der Waals surface area contributed by atoms with Crippen molar-refractivity contribution >= 4 is 11.6 Å². The largest absolute Gasteiger partial charge is 0.495 e. The van der Waals surface area contributed by atoms with Gasteiger partial charge in [-0.05, 0) is 44.4 Å². The molecule has 0 fully saturated rings. The second kappa shape index (κ2) is 5.15. The number of hydrogen-bond acceptors (Lipinski definition) is 2. The number of ether oxygens (including phenoxy) is 1. The molecule has 106 valence electrons. The summed E-state index contributed by atoms with van der Waals surface area (Å²) in [5.74, 6) is 0.669. The molecular weight excluding hydrogens is 274 g/mol. The third-order valence-electron chi connectivity index (χ3n) is 3.96. The topological polar surface area (TPSA) is 34.4 Å². The van der Waals surface area contributed by atoms with Crippen LogP contribution in [0.15, 0.2) is 24.3 Å². The van der Waals surface area contributed by atoms with E-state index in [1.807, 2.05) is 18.2 Å². The predicted molar refractivity (Wildman–Crippen MR) is 80.0 cm³/mol. The number of fused-ring (bicyclic) bond motifs is 1. The van der Waals surface area contributed by atoms with E-state index in [2.05, 4.69) is 17.6 Å². The Hall–Kier alpha value is -1.45. The van der Waals surface area contributed by atoms with Crippen molar-refractivity contribution in [2.24, 2.45) is 0 Å². The average Bonchev–Trinajstić information content (AvgIpc) is 2.77. The molecule has 0 spiro atoms. The van der Waals surface area contributed by atoms with Crippen molar-refractivity contribution in [1.82, 2.24) is 4.57 Å². The summed E-state index contributed by atoms with van der Waals surface area (Å²) in [5.41, 5.74) is 4.41. The lowest BCUT2D eigenvalue weighted by Crippen LogP contribution is -2.11. The van der Waals surface area contributed by atoms with Crippen molar-refractivity contribution in [3.8, 4) is 11.4 Å². The van der Waals surface area contributed by atoms with E-state index in [9.17, 15) is 5.11 Å². The Balaban J connectivity index is 2.15. The molecule has 0 saturated heterocycles. The molecule has 1 aromatic carbocycles. The SMILES string of the molecule is COc1cc(-n2c(C)cc3c2CCCC3O)ccc1Cl. The first-order valence-electron chi connectivity index (χ1n) is 6.85. The van der Waals surface area contributed by atoms with Crippen LogP contribution in [0.5, 0.6) is 5.75 Å². The molecule has 1 aliphatic rings. The van der Waals surface area contributed by atoms with Gasteiger partial charge in [-0.15, -0.1) is 0 Å². The lowest BCUT2D eigenvalue weighted by Gasteiger charge is -2.21. The summed E-state index contributed by atoms with van der Waals surface area (Å²) in [7, 11) is 1.62. The number of aliphatic hydroxyl groups excluding tert-OH is 1.